The lowest BCUT2D eigenvalue weighted by molar-refractivity contribution is -0.137. The van der Waals surface area contributed by atoms with E-state index in [1.807, 2.05) is 12.1 Å². The van der Waals surface area contributed by atoms with Crippen molar-refractivity contribution in [1.29, 1.82) is 0 Å². The molecule has 2 aromatic carbocycles. The molecule has 2 fully saturated rings. The number of amides is 2. The van der Waals surface area contributed by atoms with Gasteiger partial charge in [0, 0.05) is 54.4 Å². The smallest absolute Gasteiger partial charge is 0.407 e. The molecule has 4 aromatic rings. The van der Waals surface area contributed by atoms with E-state index in [0.717, 1.165) is 78.2 Å². The highest BCUT2D eigenvalue weighted by molar-refractivity contribution is 5.95. The van der Waals surface area contributed by atoms with E-state index >= 15 is 0 Å². The van der Waals surface area contributed by atoms with Crippen LogP contribution in [0.2, 0.25) is 0 Å². The highest BCUT2D eigenvalue weighted by Gasteiger charge is 2.47. The van der Waals surface area contributed by atoms with E-state index in [0.29, 0.717) is 25.2 Å². The minimum absolute atomic E-state index is 0.0793. The topological polar surface area (TPSA) is 89.5 Å². The molecule has 6 rings (SSSR count). The number of aromatic amines is 1. The maximum absolute atomic E-state index is 14.1. The third-order valence-corrected chi connectivity index (χ3v) is 10.4. The lowest BCUT2D eigenvalue weighted by atomic mass is 9.81. The standard InChI is InChI=1S/C39H48N4O3/c1-25-20-26(2)22-29(21-25)36-35(27(3)24-42(38(45)46)19-7-6-8-28-15-17-40-18-16-28)33-23-30(9-14-34(33)41-36)39(4,5)37(44)43-31-10-11-32(43)13-12-31/h9,14-18,20-23,27,31-32,41H,6-8,10-13,19,24H2,1-5H3,(H,45,46). The number of pyridine rings is 1. The van der Waals surface area contributed by atoms with Crippen LogP contribution in [0.15, 0.2) is 60.9 Å². The average molecular weight is 621 g/mol. The summed E-state index contributed by atoms with van der Waals surface area (Å²) in [6.45, 7) is 11.3. The molecule has 46 heavy (non-hydrogen) atoms. The zero-order chi connectivity index (χ0) is 32.6. The Morgan fingerprint density at radius 1 is 0.978 bits per heavy atom. The molecule has 2 aliphatic rings. The van der Waals surface area contributed by atoms with Gasteiger partial charge in [0.2, 0.25) is 5.91 Å². The molecule has 1 atom stereocenters. The van der Waals surface area contributed by atoms with Gasteiger partial charge in [-0.1, -0.05) is 30.2 Å². The van der Waals surface area contributed by atoms with Crippen molar-refractivity contribution in [3.8, 4) is 11.3 Å². The van der Waals surface area contributed by atoms with Gasteiger partial charge in [-0.3, -0.25) is 9.78 Å². The van der Waals surface area contributed by atoms with Gasteiger partial charge in [0.15, 0.2) is 0 Å². The normalized spacial score (nSPS) is 18.3. The molecule has 4 heterocycles. The second-order valence-corrected chi connectivity index (χ2v) is 14.3. The molecule has 1 unspecified atom stereocenters. The molecule has 2 saturated heterocycles. The Hall–Kier alpha value is -4.13. The molecular weight excluding hydrogens is 572 g/mol. The summed E-state index contributed by atoms with van der Waals surface area (Å²) in [5.74, 6) is 0.143. The number of aromatic nitrogens is 2. The lowest BCUT2D eigenvalue weighted by Crippen LogP contribution is -2.45. The first-order valence-corrected chi connectivity index (χ1v) is 17.0. The number of benzene rings is 2. The van der Waals surface area contributed by atoms with Crippen LogP contribution in [0.4, 0.5) is 4.79 Å². The molecule has 2 aromatic heterocycles. The number of aryl methyl sites for hydroxylation is 3. The number of fused-ring (bicyclic) bond motifs is 3. The van der Waals surface area contributed by atoms with E-state index in [2.05, 4.69) is 85.9 Å². The van der Waals surface area contributed by atoms with Crippen LogP contribution < -0.4 is 0 Å². The highest BCUT2D eigenvalue weighted by atomic mass is 16.4. The first kappa shape index (κ1) is 31.8. The number of H-pyrrole nitrogens is 1. The van der Waals surface area contributed by atoms with Gasteiger partial charge in [-0.2, -0.15) is 0 Å². The van der Waals surface area contributed by atoms with Crippen molar-refractivity contribution in [2.45, 2.75) is 103 Å². The Kier molecular flexibility index (Phi) is 8.95. The molecule has 0 saturated carbocycles. The summed E-state index contributed by atoms with van der Waals surface area (Å²) in [6.07, 6.45) is 9.79. The van der Waals surface area contributed by atoms with Crippen LogP contribution in [0.5, 0.6) is 0 Å². The van der Waals surface area contributed by atoms with Crippen LogP contribution in [0, 0.1) is 13.8 Å². The number of rotatable bonds is 11. The van der Waals surface area contributed by atoms with Gasteiger partial charge in [0.25, 0.3) is 0 Å². The number of carbonyl (C=O) groups excluding carboxylic acids is 1. The third-order valence-electron chi connectivity index (χ3n) is 10.4. The van der Waals surface area contributed by atoms with Crippen LogP contribution in [0.3, 0.4) is 0 Å². The van der Waals surface area contributed by atoms with Crippen LogP contribution in [-0.2, 0) is 16.6 Å². The van der Waals surface area contributed by atoms with Crippen LogP contribution in [0.1, 0.15) is 93.0 Å². The van der Waals surface area contributed by atoms with Crippen molar-refractivity contribution in [1.82, 2.24) is 19.8 Å². The van der Waals surface area contributed by atoms with Gasteiger partial charge >= 0.3 is 6.09 Å². The second-order valence-electron chi connectivity index (χ2n) is 14.3. The molecule has 2 amide bonds. The molecule has 2 N–H and O–H groups in total. The summed E-state index contributed by atoms with van der Waals surface area (Å²) in [7, 11) is 0. The molecule has 0 spiro atoms. The zero-order valence-corrected chi connectivity index (χ0v) is 28.0. The maximum Gasteiger partial charge on any atom is 0.407 e. The van der Waals surface area contributed by atoms with E-state index in [-0.39, 0.29) is 11.8 Å². The Morgan fingerprint density at radius 3 is 2.26 bits per heavy atom. The van der Waals surface area contributed by atoms with Gasteiger partial charge in [0.1, 0.15) is 0 Å². The molecule has 7 nitrogen and oxygen atoms in total. The number of carbonyl (C=O) groups is 2. The van der Waals surface area contributed by atoms with Crippen LogP contribution in [-0.4, -0.2) is 62.0 Å². The molecule has 242 valence electrons. The van der Waals surface area contributed by atoms with Crippen molar-refractivity contribution in [3.63, 3.8) is 0 Å². The van der Waals surface area contributed by atoms with Crippen molar-refractivity contribution in [2.75, 3.05) is 13.1 Å². The number of nitrogens with zero attached hydrogens (tertiary/aromatic N) is 3. The zero-order valence-electron chi connectivity index (χ0n) is 28.0. The summed E-state index contributed by atoms with van der Waals surface area (Å²) >= 11 is 0. The highest BCUT2D eigenvalue weighted by Crippen LogP contribution is 2.43. The molecule has 0 aliphatic carbocycles. The van der Waals surface area contributed by atoms with Gasteiger partial charge in [-0.25, -0.2) is 4.79 Å². The van der Waals surface area contributed by atoms with Gasteiger partial charge < -0.3 is 19.9 Å². The maximum atomic E-state index is 14.1. The van der Waals surface area contributed by atoms with Crippen LogP contribution in [0.25, 0.3) is 22.2 Å². The largest absolute Gasteiger partial charge is 0.465 e. The minimum atomic E-state index is -0.892. The summed E-state index contributed by atoms with van der Waals surface area (Å²) in [4.78, 5) is 38.1. The van der Waals surface area contributed by atoms with E-state index in [1.54, 1.807) is 17.3 Å². The molecule has 2 bridgehead atoms. The first-order valence-electron chi connectivity index (χ1n) is 17.0. The van der Waals surface area contributed by atoms with Crippen molar-refractivity contribution in [3.05, 3.63) is 88.7 Å². The summed E-state index contributed by atoms with van der Waals surface area (Å²) in [6, 6.07) is 17.7. The van der Waals surface area contributed by atoms with Crippen molar-refractivity contribution < 1.29 is 14.7 Å². The predicted octanol–water partition coefficient (Wildman–Crippen LogP) is 8.38. The molecular formula is C39H48N4O3. The van der Waals surface area contributed by atoms with Crippen molar-refractivity contribution >= 4 is 22.9 Å². The third kappa shape index (κ3) is 6.29. The fourth-order valence-electron chi connectivity index (χ4n) is 8.02. The number of hydrogen-bond donors (Lipinski definition) is 2. The number of nitrogens with one attached hydrogen (secondary N) is 1. The number of unbranched alkanes of at least 4 members (excludes halogenated alkanes) is 1. The minimum Gasteiger partial charge on any atom is -0.465 e. The Labute approximate surface area is 273 Å². The second kappa shape index (κ2) is 12.9. The van der Waals surface area contributed by atoms with Gasteiger partial charge in [-0.15, -0.1) is 0 Å². The fraction of sp³-hybridized carbons (Fsp3) is 0.462. The van der Waals surface area contributed by atoms with Gasteiger partial charge in [0.05, 0.1) is 11.1 Å². The van der Waals surface area contributed by atoms with Crippen molar-refractivity contribution in [2.24, 2.45) is 0 Å². The van der Waals surface area contributed by atoms with E-state index in [4.69, 9.17) is 0 Å². The molecule has 2 aliphatic heterocycles. The van der Waals surface area contributed by atoms with E-state index in [1.165, 1.54) is 16.7 Å². The summed E-state index contributed by atoms with van der Waals surface area (Å²) in [5, 5.41) is 11.3. The average Bonchev–Trinajstić information content (AvgIpc) is 3.74. The Bertz CT molecular complexity index is 1690. The SMILES string of the molecule is Cc1cc(C)cc(-c2[nH]c3ccc(C(C)(C)C(=O)N4C5CCC4CC5)cc3c2C(C)CN(CCCCc2ccncc2)C(=O)O)c1. The Balaban J connectivity index is 1.32. The quantitative estimate of drug-likeness (QED) is 0.165. The summed E-state index contributed by atoms with van der Waals surface area (Å²) < 4.78 is 0. The predicted molar refractivity (Wildman–Crippen MR) is 184 cm³/mol. The van der Waals surface area contributed by atoms with Gasteiger partial charge in [-0.05, 0) is 131 Å². The van der Waals surface area contributed by atoms with E-state index < -0.39 is 11.5 Å². The first-order chi connectivity index (χ1) is 22.0. The fourth-order valence-corrected chi connectivity index (χ4v) is 8.02. The molecule has 0 radical (unpaired) electrons. The van der Waals surface area contributed by atoms with Crippen LogP contribution >= 0.6 is 0 Å². The monoisotopic (exact) mass is 620 g/mol. The Morgan fingerprint density at radius 2 is 1.63 bits per heavy atom. The number of hydrogen-bond acceptors (Lipinski definition) is 3. The lowest BCUT2D eigenvalue weighted by Gasteiger charge is -2.33. The number of carboxylic acid groups (broad SMARTS) is 1. The van der Waals surface area contributed by atoms with E-state index in [9.17, 15) is 14.7 Å². The molecule has 7 heteroatoms. The summed E-state index contributed by atoms with van der Waals surface area (Å²) in [5.41, 5.74) is 8.15.